The molecule has 0 unspecified atom stereocenters. The van der Waals surface area contributed by atoms with Gasteiger partial charge in [-0.3, -0.25) is 0 Å². The first-order chi connectivity index (χ1) is 15.8. The van der Waals surface area contributed by atoms with Crippen LogP contribution in [0.3, 0.4) is 0 Å². The van der Waals surface area contributed by atoms with E-state index >= 15 is 0 Å². The molecule has 1 saturated heterocycles. The van der Waals surface area contributed by atoms with E-state index in [0.29, 0.717) is 18.7 Å². The molecule has 2 aromatic rings. The molecule has 0 aliphatic carbocycles. The first-order valence-corrected chi connectivity index (χ1v) is 12.4. The number of aliphatic hydroxyl groups is 1. The lowest BCUT2D eigenvalue weighted by Gasteiger charge is -2.37. The van der Waals surface area contributed by atoms with Crippen LogP contribution in [0.4, 0.5) is 17.1 Å². The zero-order valence-electron chi connectivity index (χ0n) is 20.9. The summed E-state index contributed by atoms with van der Waals surface area (Å²) in [5.41, 5.74) is 3.60. The molecule has 1 aliphatic heterocycles. The van der Waals surface area contributed by atoms with Crippen LogP contribution in [0.5, 0.6) is 6.01 Å². The number of nitrogens with one attached hydrogen (secondary N) is 2. The monoisotopic (exact) mass is 455 g/mol. The number of nitrogens with zero attached hydrogens (tertiary/aromatic N) is 3. The highest BCUT2D eigenvalue weighted by Gasteiger charge is 2.25. The lowest BCUT2D eigenvalue weighted by molar-refractivity contribution is 0.0624. The Hall–Kier alpha value is -2.38. The Labute approximate surface area is 199 Å². The summed E-state index contributed by atoms with van der Waals surface area (Å²) < 4.78 is 5.39. The Balaban J connectivity index is 1.96. The van der Waals surface area contributed by atoms with Gasteiger partial charge >= 0.3 is 6.01 Å². The van der Waals surface area contributed by atoms with Crippen LogP contribution < -0.4 is 20.3 Å². The van der Waals surface area contributed by atoms with Gasteiger partial charge in [0.25, 0.3) is 0 Å². The lowest BCUT2D eigenvalue weighted by atomic mass is 9.85. The first-order valence-electron chi connectivity index (χ1n) is 12.4. The van der Waals surface area contributed by atoms with Gasteiger partial charge in [-0.15, -0.1) is 0 Å². The van der Waals surface area contributed by atoms with Crippen molar-refractivity contribution in [2.24, 2.45) is 0 Å². The summed E-state index contributed by atoms with van der Waals surface area (Å²) in [6.45, 7) is 13.7. The highest BCUT2D eigenvalue weighted by atomic mass is 16.5. The molecule has 33 heavy (non-hydrogen) atoms. The third kappa shape index (κ3) is 7.05. The summed E-state index contributed by atoms with van der Waals surface area (Å²) in [4.78, 5) is 11.2. The van der Waals surface area contributed by atoms with Crippen molar-refractivity contribution in [1.82, 2.24) is 15.3 Å². The van der Waals surface area contributed by atoms with Gasteiger partial charge in [0.1, 0.15) is 0 Å². The molecule has 1 aromatic carbocycles. The second-order valence-corrected chi connectivity index (χ2v) is 9.48. The van der Waals surface area contributed by atoms with Crippen molar-refractivity contribution in [3.8, 4) is 6.01 Å². The van der Waals surface area contributed by atoms with E-state index in [1.54, 1.807) is 12.4 Å². The summed E-state index contributed by atoms with van der Waals surface area (Å²) in [6, 6.07) is 7.62. The molecule has 1 aromatic heterocycles. The number of rotatable bonds is 11. The van der Waals surface area contributed by atoms with Crippen LogP contribution in [-0.2, 0) is 0 Å². The molecule has 182 valence electrons. The van der Waals surface area contributed by atoms with Crippen LogP contribution in [0.25, 0.3) is 0 Å². The molecule has 0 radical (unpaired) electrons. The zero-order valence-corrected chi connectivity index (χ0v) is 20.9. The molecule has 0 saturated carbocycles. The molecular formula is C26H41N5O2. The average Bonchev–Trinajstić information content (AvgIpc) is 2.80. The van der Waals surface area contributed by atoms with E-state index in [1.165, 1.54) is 11.3 Å². The molecule has 0 bridgehead atoms. The fourth-order valence-corrected chi connectivity index (χ4v) is 4.74. The molecule has 2 heterocycles. The number of hydrogen-bond acceptors (Lipinski definition) is 7. The second-order valence-electron chi connectivity index (χ2n) is 9.48. The van der Waals surface area contributed by atoms with E-state index in [0.717, 1.165) is 56.7 Å². The van der Waals surface area contributed by atoms with Gasteiger partial charge in [-0.25, -0.2) is 9.97 Å². The molecule has 1 atom stereocenters. The minimum absolute atomic E-state index is 0.283. The van der Waals surface area contributed by atoms with Gasteiger partial charge in [0.05, 0.1) is 41.7 Å². The predicted molar refractivity (Wildman–Crippen MR) is 136 cm³/mol. The highest BCUT2D eigenvalue weighted by Crippen LogP contribution is 2.37. The third-order valence-electron chi connectivity index (χ3n) is 6.31. The quantitative estimate of drug-likeness (QED) is 0.447. The maximum Gasteiger partial charge on any atom is 0.316 e. The number of benzene rings is 1. The average molecular weight is 456 g/mol. The fraction of sp³-hybridized carbons (Fsp3) is 0.615. The Morgan fingerprint density at radius 1 is 1.18 bits per heavy atom. The third-order valence-corrected chi connectivity index (χ3v) is 6.31. The van der Waals surface area contributed by atoms with Gasteiger partial charge in [-0.1, -0.05) is 13.0 Å². The SMILES string of the molecule is CCOc1ncc(Nc2cc([C@@H](CC)CC(C)(C)O)ccc2N(CC)C2CCNCC2)cn1. The highest BCUT2D eigenvalue weighted by molar-refractivity contribution is 5.76. The summed E-state index contributed by atoms with van der Waals surface area (Å²) in [5.74, 6) is 0.283. The van der Waals surface area contributed by atoms with Crippen LogP contribution in [0.2, 0.25) is 0 Å². The molecule has 1 fully saturated rings. The van der Waals surface area contributed by atoms with E-state index in [2.05, 4.69) is 57.5 Å². The van der Waals surface area contributed by atoms with Crippen molar-refractivity contribution in [2.45, 2.75) is 77.9 Å². The molecule has 7 nitrogen and oxygen atoms in total. The molecular weight excluding hydrogens is 414 g/mol. The van der Waals surface area contributed by atoms with Gasteiger partial charge in [0.15, 0.2) is 0 Å². The van der Waals surface area contributed by atoms with Crippen LogP contribution >= 0.6 is 0 Å². The number of ether oxygens (including phenoxy) is 1. The Bertz CT molecular complexity index is 860. The van der Waals surface area contributed by atoms with Crippen molar-refractivity contribution in [2.75, 3.05) is 36.5 Å². The lowest BCUT2D eigenvalue weighted by Crippen LogP contribution is -2.43. The van der Waals surface area contributed by atoms with Gasteiger partial charge in [-0.05, 0) is 90.1 Å². The molecule has 3 rings (SSSR count). The van der Waals surface area contributed by atoms with Crippen LogP contribution in [0.15, 0.2) is 30.6 Å². The van der Waals surface area contributed by atoms with Crippen molar-refractivity contribution in [3.05, 3.63) is 36.2 Å². The fourth-order valence-electron chi connectivity index (χ4n) is 4.74. The van der Waals surface area contributed by atoms with Gasteiger partial charge < -0.3 is 25.4 Å². The van der Waals surface area contributed by atoms with Crippen LogP contribution in [0, 0.1) is 0 Å². The smallest absolute Gasteiger partial charge is 0.316 e. The Kier molecular flexibility index (Phi) is 8.92. The van der Waals surface area contributed by atoms with E-state index in [-0.39, 0.29) is 5.92 Å². The Morgan fingerprint density at radius 3 is 2.45 bits per heavy atom. The number of hydrogen-bond donors (Lipinski definition) is 3. The molecule has 0 spiro atoms. The molecule has 1 aliphatic rings. The summed E-state index contributed by atoms with van der Waals surface area (Å²) in [7, 11) is 0. The predicted octanol–water partition coefficient (Wildman–Crippen LogP) is 4.85. The largest absolute Gasteiger partial charge is 0.464 e. The summed E-state index contributed by atoms with van der Waals surface area (Å²) in [6.07, 6.45) is 7.50. The van der Waals surface area contributed by atoms with Crippen molar-refractivity contribution in [3.63, 3.8) is 0 Å². The minimum Gasteiger partial charge on any atom is -0.464 e. The topological polar surface area (TPSA) is 82.5 Å². The van der Waals surface area contributed by atoms with E-state index < -0.39 is 5.60 Å². The second kappa shape index (κ2) is 11.7. The summed E-state index contributed by atoms with van der Waals surface area (Å²) >= 11 is 0. The molecule has 7 heteroatoms. The maximum atomic E-state index is 10.4. The zero-order chi connectivity index (χ0) is 23.8. The van der Waals surface area contributed by atoms with Gasteiger partial charge in [0, 0.05) is 12.6 Å². The number of aromatic nitrogens is 2. The van der Waals surface area contributed by atoms with Crippen molar-refractivity contribution < 1.29 is 9.84 Å². The van der Waals surface area contributed by atoms with Gasteiger partial charge in [0.2, 0.25) is 0 Å². The van der Waals surface area contributed by atoms with Crippen LogP contribution in [-0.4, -0.2) is 53.0 Å². The molecule has 0 amide bonds. The number of piperidine rings is 1. The first kappa shape index (κ1) is 25.2. The van der Waals surface area contributed by atoms with Gasteiger partial charge in [-0.2, -0.15) is 0 Å². The van der Waals surface area contributed by atoms with Crippen molar-refractivity contribution >= 4 is 17.1 Å². The minimum atomic E-state index is -0.708. The standard InChI is InChI=1S/C26H41N5O2/c1-6-19(16-26(4,5)32)20-9-10-24(31(7-2)22-11-13-27-14-12-22)23(15-20)30-21-17-28-25(29-18-21)33-8-3/h9-10,15,17-19,22,27,30,32H,6-8,11-14,16H2,1-5H3/t19-/m0/s1. The van der Waals surface area contributed by atoms with Crippen molar-refractivity contribution in [1.29, 1.82) is 0 Å². The van der Waals surface area contributed by atoms with Crippen LogP contribution in [0.1, 0.15) is 71.8 Å². The Morgan fingerprint density at radius 2 is 1.88 bits per heavy atom. The normalized spacial score (nSPS) is 15.8. The van der Waals surface area contributed by atoms with E-state index in [4.69, 9.17) is 4.74 Å². The number of anilines is 3. The maximum absolute atomic E-state index is 10.4. The summed E-state index contributed by atoms with van der Waals surface area (Å²) in [5, 5.41) is 17.5. The van der Waals surface area contributed by atoms with E-state index in [9.17, 15) is 5.11 Å². The molecule has 3 N–H and O–H groups in total. The van der Waals surface area contributed by atoms with E-state index in [1.807, 2.05) is 20.8 Å².